The minimum Gasteiger partial charge on any atom is -0.496 e. The van der Waals surface area contributed by atoms with E-state index < -0.39 is 0 Å². The number of nitrogens with zero attached hydrogens (tertiary/aromatic N) is 1. The third-order valence-corrected chi connectivity index (χ3v) is 4.56. The fraction of sp³-hybridized carbons (Fsp3) is 0.550. The second kappa shape index (κ2) is 10.2. The zero-order valence-electron chi connectivity index (χ0n) is 15.5. The van der Waals surface area contributed by atoms with Crippen molar-refractivity contribution in [3.63, 3.8) is 0 Å². The van der Waals surface area contributed by atoms with E-state index >= 15 is 0 Å². The maximum atomic E-state index is 12.2. The van der Waals surface area contributed by atoms with Crippen molar-refractivity contribution in [2.75, 3.05) is 40.5 Å². The van der Waals surface area contributed by atoms with E-state index in [1.54, 1.807) is 14.2 Å². The number of carbonyl (C=O) groups is 1. The van der Waals surface area contributed by atoms with Crippen LogP contribution in [-0.2, 0) is 9.53 Å². The molecule has 25 heavy (non-hydrogen) atoms. The van der Waals surface area contributed by atoms with E-state index in [4.69, 9.17) is 9.47 Å². The molecule has 1 aliphatic heterocycles. The summed E-state index contributed by atoms with van der Waals surface area (Å²) in [6.07, 6.45) is 6.09. The molecule has 1 heterocycles. The fourth-order valence-corrected chi connectivity index (χ4v) is 3.16. The molecule has 1 amide bonds. The van der Waals surface area contributed by atoms with Crippen molar-refractivity contribution < 1.29 is 14.3 Å². The number of ether oxygens (including phenoxy) is 2. The van der Waals surface area contributed by atoms with Crippen molar-refractivity contribution in [1.29, 1.82) is 0 Å². The zero-order chi connectivity index (χ0) is 18.1. The van der Waals surface area contributed by atoms with Crippen molar-refractivity contribution in [3.05, 3.63) is 35.9 Å². The van der Waals surface area contributed by atoms with E-state index in [9.17, 15) is 4.79 Å². The highest BCUT2D eigenvalue weighted by atomic mass is 16.5. The molecule has 1 aromatic carbocycles. The van der Waals surface area contributed by atoms with Crippen LogP contribution in [0.3, 0.4) is 0 Å². The highest BCUT2D eigenvalue weighted by Gasteiger charge is 2.25. The molecule has 0 radical (unpaired) electrons. The summed E-state index contributed by atoms with van der Waals surface area (Å²) < 4.78 is 10.4. The fourth-order valence-electron chi connectivity index (χ4n) is 3.16. The van der Waals surface area contributed by atoms with E-state index in [-0.39, 0.29) is 17.9 Å². The van der Waals surface area contributed by atoms with Crippen LogP contribution in [0.15, 0.2) is 30.3 Å². The molecule has 5 heteroatoms. The van der Waals surface area contributed by atoms with Crippen LogP contribution in [-0.4, -0.2) is 57.3 Å². The summed E-state index contributed by atoms with van der Waals surface area (Å²) in [4.78, 5) is 14.6. The summed E-state index contributed by atoms with van der Waals surface area (Å²) in [5.41, 5.74) is 1.09. The molecule has 0 bridgehead atoms. The lowest BCUT2D eigenvalue weighted by molar-refractivity contribution is -0.127. The average Bonchev–Trinajstić information content (AvgIpc) is 2.63. The van der Waals surface area contributed by atoms with Crippen molar-refractivity contribution in [2.45, 2.75) is 25.8 Å². The van der Waals surface area contributed by atoms with Gasteiger partial charge in [0.1, 0.15) is 5.75 Å². The molecule has 1 atom stereocenters. The molecule has 1 fully saturated rings. The van der Waals surface area contributed by atoms with Crippen molar-refractivity contribution in [2.24, 2.45) is 5.92 Å². The molecule has 2 rings (SSSR count). The molecule has 0 aliphatic carbocycles. The average molecular weight is 346 g/mol. The summed E-state index contributed by atoms with van der Waals surface area (Å²) >= 11 is 0. The van der Waals surface area contributed by atoms with Crippen LogP contribution in [0.2, 0.25) is 0 Å². The molecule has 1 aliphatic rings. The molecule has 0 saturated carbocycles. The van der Waals surface area contributed by atoms with E-state index in [1.807, 2.05) is 31.2 Å². The molecular weight excluding hydrogens is 316 g/mol. The van der Waals surface area contributed by atoms with Gasteiger partial charge < -0.3 is 14.8 Å². The number of nitrogens with one attached hydrogen (secondary N) is 1. The van der Waals surface area contributed by atoms with E-state index in [0.717, 1.165) is 43.8 Å². The van der Waals surface area contributed by atoms with Gasteiger partial charge in [-0.3, -0.25) is 9.69 Å². The SMILES string of the molecule is COC[C@@H](C)NC(=O)C1CCN(C/C=C/c2ccccc2OC)CC1. The highest BCUT2D eigenvalue weighted by Crippen LogP contribution is 2.20. The summed E-state index contributed by atoms with van der Waals surface area (Å²) in [6, 6.07) is 8.07. The van der Waals surface area contributed by atoms with Gasteiger partial charge in [-0.25, -0.2) is 0 Å². The molecule has 5 nitrogen and oxygen atoms in total. The lowest BCUT2D eigenvalue weighted by atomic mass is 9.95. The van der Waals surface area contributed by atoms with Gasteiger partial charge >= 0.3 is 0 Å². The number of benzene rings is 1. The molecule has 0 spiro atoms. The third kappa shape index (κ3) is 6.18. The maximum absolute atomic E-state index is 12.2. The molecule has 1 aromatic rings. The number of para-hydroxylation sites is 1. The first-order valence-corrected chi connectivity index (χ1v) is 8.95. The standard InChI is InChI=1S/C20H30N2O3/c1-16(15-24-2)21-20(23)18-10-13-22(14-11-18)12-6-8-17-7-4-5-9-19(17)25-3/h4-9,16,18H,10-15H2,1-3H3,(H,21,23)/b8-6+/t16-/m1/s1. The Morgan fingerprint density at radius 2 is 2.04 bits per heavy atom. The predicted molar refractivity (Wildman–Crippen MR) is 101 cm³/mol. The molecule has 0 aromatic heterocycles. The Bertz CT molecular complexity index is 566. The van der Waals surface area contributed by atoms with Gasteiger partial charge in [0.05, 0.1) is 13.7 Å². The quantitative estimate of drug-likeness (QED) is 0.786. The van der Waals surface area contributed by atoms with Crippen LogP contribution < -0.4 is 10.1 Å². The minimum absolute atomic E-state index is 0.0688. The lowest BCUT2D eigenvalue weighted by Crippen LogP contribution is -2.44. The van der Waals surface area contributed by atoms with Gasteiger partial charge in [-0.2, -0.15) is 0 Å². The Balaban J connectivity index is 1.75. The Hall–Kier alpha value is -1.85. The van der Waals surface area contributed by atoms with Crippen LogP contribution in [0.4, 0.5) is 0 Å². The summed E-state index contributed by atoms with van der Waals surface area (Å²) in [6.45, 7) is 5.32. The van der Waals surface area contributed by atoms with Gasteiger partial charge in [0, 0.05) is 31.2 Å². The second-order valence-electron chi connectivity index (χ2n) is 6.58. The largest absolute Gasteiger partial charge is 0.496 e. The first-order valence-electron chi connectivity index (χ1n) is 8.95. The smallest absolute Gasteiger partial charge is 0.223 e. The number of methoxy groups -OCH3 is 2. The Labute approximate surface area is 151 Å². The van der Waals surface area contributed by atoms with Crippen LogP contribution in [0.5, 0.6) is 5.75 Å². The van der Waals surface area contributed by atoms with Crippen molar-refractivity contribution >= 4 is 12.0 Å². The predicted octanol–water partition coefficient (Wildman–Crippen LogP) is 2.57. The zero-order valence-corrected chi connectivity index (χ0v) is 15.5. The normalized spacial score (nSPS) is 17.6. The third-order valence-electron chi connectivity index (χ3n) is 4.56. The number of hydrogen-bond acceptors (Lipinski definition) is 4. The first kappa shape index (κ1) is 19.5. The maximum Gasteiger partial charge on any atom is 0.223 e. The highest BCUT2D eigenvalue weighted by molar-refractivity contribution is 5.79. The topological polar surface area (TPSA) is 50.8 Å². The molecule has 138 valence electrons. The van der Waals surface area contributed by atoms with Crippen LogP contribution >= 0.6 is 0 Å². The number of hydrogen-bond donors (Lipinski definition) is 1. The van der Waals surface area contributed by atoms with Gasteiger partial charge in [0.25, 0.3) is 0 Å². The Kier molecular flexibility index (Phi) is 7.95. The van der Waals surface area contributed by atoms with Gasteiger partial charge in [0.2, 0.25) is 5.91 Å². The second-order valence-corrected chi connectivity index (χ2v) is 6.58. The summed E-state index contributed by atoms with van der Waals surface area (Å²) in [5, 5.41) is 3.03. The summed E-state index contributed by atoms with van der Waals surface area (Å²) in [7, 11) is 3.34. The molecular formula is C20H30N2O3. The monoisotopic (exact) mass is 346 g/mol. The number of rotatable bonds is 8. The molecule has 1 N–H and O–H groups in total. The van der Waals surface area contributed by atoms with Gasteiger partial charge in [-0.1, -0.05) is 30.4 Å². The van der Waals surface area contributed by atoms with E-state index in [1.165, 1.54) is 0 Å². The van der Waals surface area contributed by atoms with Gasteiger partial charge in [-0.05, 0) is 38.9 Å². The van der Waals surface area contributed by atoms with Crippen molar-refractivity contribution in [3.8, 4) is 5.75 Å². The minimum atomic E-state index is 0.0688. The van der Waals surface area contributed by atoms with E-state index in [0.29, 0.717) is 6.61 Å². The van der Waals surface area contributed by atoms with Crippen LogP contribution in [0.25, 0.3) is 6.08 Å². The van der Waals surface area contributed by atoms with Crippen molar-refractivity contribution in [1.82, 2.24) is 10.2 Å². The van der Waals surface area contributed by atoms with E-state index in [2.05, 4.69) is 22.4 Å². The molecule has 1 saturated heterocycles. The summed E-state index contributed by atoms with van der Waals surface area (Å²) in [5.74, 6) is 1.17. The van der Waals surface area contributed by atoms with Crippen LogP contribution in [0, 0.1) is 5.92 Å². The van der Waals surface area contributed by atoms with Gasteiger partial charge in [0.15, 0.2) is 0 Å². The Morgan fingerprint density at radius 3 is 2.72 bits per heavy atom. The number of carbonyl (C=O) groups excluding carboxylic acids is 1. The number of amides is 1. The first-order chi connectivity index (χ1) is 12.1. The molecule has 0 unspecified atom stereocenters. The lowest BCUT2D eigenvalue weighted by Gasteiger charge is -2.31. The van der Waals surface area contributed by atoms with Gasteiger partial charge in [-0.15, -0.1) is 0 Å². The van der Waals surface area contributed by atoms with Crippen LogP contribution in [0.1, 0.15) is 25.3 Å². The number of piperidine rings is 1. The Morgan fingerprint density at radius 1 is 1.32 bits per heavy atom. The number of likely N-dealkylation sites (tertiary alicyclic amines) is 1.